The van der Waals surface area contributed by atoms with Crippen molar-refractivity contribution in [2.24, 2.45) is 0 Å². The van der Waals surface area contributed by atoms with Crippen LogP contribution in [-0.4, -0.2) is 34.3 Å². The van der Waals surface area contributed by atoms with Gasteiger partial charge in [0, 0.05) is 11.8 Å². The van der Waals surface area contributed by atoms with Crippen molar-refractivity contribution in [3.8, 4) is 5.75 Å². The quantitative estimate of drug-likeness (QED) is 0.734. The van der Waals surface area contributed by atoms with Crippen molar-refractivity contribution in [1.82, 2.24) is 5.16 Å². The highest BCUT2D eigenvalue weighted by Gasteiger charge is 2.31. The first-order valence-electron chi connectivity index (χ1n) is 7.64. The Morgan fingerprint density at radius 2 is 1.93 bits per heavy atom. The van der Waals surface area contributed by atoms with Crippen LogP contribution in [0, 0.1) is 6.92 Å². The lowest BCUT2D eigenvalue weighted by molar-refractivity contribution is -0.274. The van der Waals surface area contributed by atoms with Crippen LogP contribution >= 0.6 is 11.8 Å². The number of carbonyl (C=O) groups is 2. The van der Waals surface area contributed by atoms with E-state index in [4.69, 9.17) is 4.52 Å². The minimum Gasteiger partial charge on any atom is -0.406 e. The van der Waals surface area contributed by atoms with E-state index in [1.54, 1.807) is 19.9 Å². The van der Waals surface area contributed by atoms with Crippen LogP contribution in [0.4, 0.5) is 24.7 Å². The maximum absolute atomic E-state index is 12.1. The molecule has 0 saturated carbocycles. The maximum atomic E-state index is 12.1. The summed E-state index contributed by atoms with van der Waals surface area (Å²) in [7, 11) is 0. The standard InChI is InChI=1S/C16H16F3N3O4S/c1-9-7-13(22-26-9)21-15(24)10(2)27-8-14(23)20-11-3-5-12(6-4-11)25-16(17,18)19/h3-7,10H,8H2,1-2H3,(H,20,23)(H,21,22,24). The summed E-state index contributed by atoms with van der Waals surface area (Å²) in [5.74, 6) is -0.306. The molecule has 0 fully saturated rings. The molecule has 146 valence electrons. The predicted octanol–water partition coefficient (Wildman–Crippen LogP) is 3.58. The fourth-order valence-corrected chi connectivity index (χ4v) is 2.55. The van der Waals surface area contributed by atoms with Crippen LogP contribution in [0.3, 0.4) is 0 Å². The maximum Gasteiger partial charge on any atom is 0.573 e. The van der Waals surface area contributed by atoms with Gasteiger partial charge in [-0.2, -0.15) is 0 Å². The van der Waals surface area contributed by atoms with E-state index >= 15 is 0 Å². The molecule has 0 spiro atoms. The van der Waals surface area contributed by atoms with E-state index in [0.29, 0.717) is 11.4 Å². The molecule has 0 aliphatic rings. The van der Waals surface area contributed by atoms with Crippen LogP contribution in [-0.2, 0) is 9.59 Å². The van der Waals surface area contributed by atoms with Gasteiger partial charge >= 0.3 is 6.36 Å². The third-order valence-electron chi connectivity index (χ3n) is 3.08. The number of thioether (sulfide) groups is 1. The van der Waals surface area contributed by atoms with Crippen molar-refractivity contribution in [2.45, 2.75) is 25.5 Å². The lowest BCUT2D eigenvalue weighted by Crippen LogP contribution is -2.25. The van der Waals surface area contributed by atoms with Crippen molar-refractivity contribution in [2.75, 3.05) is 16.4 Å². The summed E-state index contributed by atoms with van der Waals surface area (Å²) in [6, 6.07) is 6.31. The van der Waals surface area contributed by atoms with Gasteiger partial charge in [-0.1, -0.05) is 5.16 Å². The molecular formula is C16H16F3N3O4S. The molecule has 0 saturated heterocycles. The summed E-state index contributed by atoms with van der Waals surface area (Å²) in [5.41, 5.74) is 0.310. The highest BCUT2D eigenvalue weighted by Crippen LogP contribution is 2.24. The number of alkyl halides is 3. The Hall–Kier alpha value is -2.69. The van der Waals surface area contributed by atoms with E-state index in [9.17, 15) is 22.8 Å². The first kappa shape index (κ1) is 20.6. The van der Waals surface area contributed by atoms with E-state index in [-0.39, 0.29) is 23.2 Å². The van der Waals surface area contributed by atoms with Crippen LogP contribution in [0.1, 0.15) is 12.7 Å². The molecule has 0 radical (unpaired) electrons. The lowest BCUT2D eigenvalue weighted by atomic mass is 10.3. The number of nitrogens with one attached hydrogen (secondary N) is 2. The number of aryl methyl sites for hydroxylation is 1. The number of hydrogen-bond donors (Lipinski definition) is 2. The summed E-state index contributed by atoms with van der Waals surface area (Å²) in [6.07, 6.45) is -4.78. The van der Waals surface area contributed by atoms with Crippen molar-refractivity contribution in [3.05, 3.63) is 36.1 Å². The number of carbonyl (C=O) groups excluding carboxylic acids is 2. The molecule has 11 heteroatoms. The van der Waals surface area contributed by atoms with E-state index in [1.807, 2.05) is 0 Å². The molecule has 2 rings (SSSR count). The lowest BCUT2D eigenvalue weighted by Gasteiger charge is -2.11. The van der Waals surface area contributed by atoms with Crippen LogP contribution < -0.4 is 15.4 Å². The van der Waals surface area contributed by atoms with Gasteiger partial charge in [0.2, 0.25) is 11.8 Å². The van der Waals surface area contributed by atoms with Gasteiger partial charge < -0.3 is 19.9 Å². The molecule has 0 bridgehead atoms. The SMILES string of the molecule is Cc1cc(NC(=O)C(C)SCC(=O)Nc2ccc(OC(F)(F)F)cc2)no1. The Morgan fingerprint density at radius 3 is 2.48 bits per heavy atom. The van der Waals surface area contributed by atoms with E-state index in [2.05, 4.69) is 20.5 Å². The average Bonchev–Trinajstić information content (AvgIpc) is 2.98. The van der Waals surface area contributed by atoms with Gasteiger partial charge in [-0.25, -0.2) is 0 Å². The molecule has 1 heterocycles. The fraction of sp³-hybridized carbons (Fsp3) is 0.312. The van der Waals surface area contributed by atoms with Crippen molar-refractivity contribution in [1.29, 1.82) is 0 Å². The highest BCUT2D eigenvalue weighted by atomic mass is 32.2. The molecule has 0 aliphatic carbocycles. The molecule has 1 aromatic carbocycles. The summed E-state index contributed by atoms with van der Waals surface area (Å²) in [5, 5.41) is 8.19. The first-order chi connectivity index (χ1) is 12.6. The number of ether oxygens (including phenoxy) is 1. The van der Waals surface area contributed by atoms with Gasteiger partial charge in [0.05, 0.1) is 11.0 Å². The van der Waals surface area contributed by atoms with Gasteiger partial charge in [-0.05, 0) is 38.1 Å². The second-order valence-corrected chi connectivity index (χ2v) is 6.71. The first-order valence-corrected chi connectivity index (χ1v) is 8.69. The smallest absolute Gasteiger partial charge is 0.406 e. The van der Waals surface area contributed by atoms with Crippen LogP contribution in [0.5, 0.6) is 5.75 Å². The Kier molecular flexibility index (Phi) is 6.72. The molecular weight excluding hydrogens is 387 g/mol. The molecule has 1 aromatic heterocycles. The Labute approximate surface area is 156 Å². The summed E-state index contributed by atoms with van der Waals surface area (Å²) in [4.78, 5) is 23.9. The molecule has 7 nitrogen and oxygen atoms in total. The predicted molar refractivity (Wildman–Crippen MR) is 93.5 cm³/mol. The number of nitrogens with zero attached hydrogens (tertiary/aromatic N) is 1. The zero-order chi connectivity index (χ0) is 20.0. The summed E-state index contributed by atoms with van der Waals surface area (Å²) < 4.78 is 44.9. The van der Waals surface area contributed by atoms with Gasteiger partial charge in [0.15, 0.2) is 5.82 Å². The monoisotopic (exact) mass is 403 g/mol. The van der Waals surface area contributed by atoms with Crippen molar-refractivity contribution >= 4 is 35.1 Å². The number of hydrogen-bond acceptors (Lipinski definition) is 6. The van der Waals surface area contributed by atoms with E-state index < -0.39 is 17.5 Å². The Bertz CT molecular complexity index is 793. The highest BCUT2D eigenvalue weighted by molar-refractivity contribution is 8.01. The van der Waals surface area contributed by atoms with Crippen LogP contribution in [0.15, 0.2) is 34.9 Å². The molecule has 27 heavy (non-hydrogen) atoms. The molecule has 2 N–H and O–H groups in total. The molecule has 1 unspecified atom stereocenters. The summed E-state index contributed by atoms with van der Waals surface area (Å²) in [6.45, 7) is 3.32. The minimum atomic E-state index is -4.78. The number of aromatic nitrogens is 1. The third kappa shape index (κ3) is 7.21. The van der Waals surface area contributed by atoms with E-state index in [0.717, 1.165) is 23.9 Å². The van der Waals surface area contributed by atoms with Crippen LogP contribution in [0.2, 0.25) is 0 Å². The van der Waals surface area contributed by atoms with Gasteiger partial charge in [0.25, 0.3) is 0 Å². The second kappa shape index (κ2) is 8.80. The number of amides is 2. The number of benzene rings is 1. The zero-order valence-corrected chi connectivity index (χ0v) is 15.1. The number of rotatable bonds is 7. The van der Waals surface area contributed by atoms with E-state index in [1.165, 1.54) is 12.1 Å². The topological polar surface area (TPSA) is 93.5 Å². The largest absolute Gasteiger partial charge is 0.573 e. The fourth-order valence-electron chi connectivity index (χ4n) is 1.87. The third-order valence-corrected chi connectivity index (χ3v) is 4.23. The minimum absolute atomic E-state index is 0.0206. The average molecular weight is 403 g/mol. The Morgan fingerprint density at radius 1 is 1.26 bits per heavy atom. The van der Waals surface area contributed by atoms with Crippen molar-refractivity contribution < 1.29 is 32.0 Å². The summed E-state index contributed by atoms with van der Waals surface area (Å²) >= 11 is 1.09. The van der Waals surface area contributed by atoms with Crippen molar-refractivity contribution in [3.63, 3.8) is 0 Å². The molecule has 0 aliphatic heterocycles. The van der Waals surface area contributed by atoms with Gasteiger partial charge in [0.1, 0.15) is 11.5 Å². The second-order valence-electron chi connectivity index (χ2n) is 5.39. The normalized spacial score (nSPS) is 12.3. The van der Waals surface area contributed by atoms with Gasteiger partial charge in [-0.3, -0.25) is 9.59 Å². The molecule has 2 amide bonds. The van der Waals surface area contributed by atoms with Gasteiger partial charge in [-0.15, -0.1) is 24.9 Å². The van der Waals surface area contributed by atoms with Crippen LogP contribution in [0.25, 0.3) is 0 Å². The Balaban J connectivity index is 1.77. The molecule has 2 aromatic rings. The zero-order valence-electron chi connectivity index (χ0n) is 14.3. The number of halogens is 3. The molecule has 1 atom stereocenters. The number of anilines is 2.